The molecule has 0 bridgehead atoms. The number of rotatable bonds is 6. The van der Waals surface area contributed by atoms with Gasteiger partial charge in [-0.05, 0) is 68.7 Å². The molecule has 2 heterocycles. The summed E-state index contributed by atoms with van der Waals surface area (Å²) in [5.41, 5.74) is 3.32. The van der Waals surface area contributed by atoms with Gasteiger partial charge in [0.05, 0.1) is 11.7 Å². The molecule has 0 unspecified atom stereocenters. The standard InChI is InChI=1S/C24H27N3O3/c1-16(2)30-20-12-6-17(7-13-20)21-22(24(29)26(3)23(21)28)25-18-8-10-19(11-9-18)27-14-4-5-15-27/h6-13,16,25H,4-5,14-15H2,1-3H3. The second-order valence-corrected chi connectivity index (χ2v) is 7.98. The van der Waals surface area contributed by atoms with Gasteiger partial charge < -0.3 is 15.0 Å². The molecule has 6 heteroatoms. The molecule has 2 aromatic rings. The van der Waals surface area contributed by atoms with Gasteiger partial charge in [0.15, 0.2) is 0 Å². The van der Waals surface area contributed by atoms with Gasteiger partial charge >= 0.3 is 0 Å². The molecule has 0 aliphatic carbocycles. The van der Waals surface area contributed by atoms with Crippen LogP contribution >= 0.6 is 0 Å². The molecule has 0 spiro atoms. The molecule has 0 radical (unpaired) electrons. The largest absolute Gasteiger partial charge is 0.491 e. The lowest BCUT2D eigenvalue weighted by molar-refractivity contribution is -0.135. The maximum absolute atomic E-state index is 12.8. The number of anilines is 2. The molecule has 2 amide bonds. The van der Waals surface area contributed by atoms with E-state index in [-0.39, 0.29) is 17.9 Å². The third-order valence-electron chi connectivity index (χ3n) is 5.41. The number of nitrogens with one attached hydrogen (secondary N) is 1. The summed E-state index contributed by atoms with van der Waals surface area (Å²) in [5.74, 6) is 0.0846. The van der Waals surface area contributed by atoms with E-state index in [0.29, 0.717) is 16.8 Å². The summed E-state index contributed by atoms with van der Waals surface area (Å²) < 4.78 is 5.68. The number of imide groups is 1. The maximum Gasteiger partial charge on any atom is 0.277 e. The third-order valence-corrected chi connectivity index (χ3v) is 5.41. The smallest absolute Gasteiger partial charge is 0.277 e. The lowest BCUT2D eigenvalue weighted by Gasteiger charge is -2.18. The Balaban J connectivity index is 1.61. The molecule has 156 valence electrons. The van der Waals surface area contributed by atoms with Gasteiger partial charge in [-0.2, -0.15) is 0 Å². The maximum atomic E-state index is 12.8. The van der Waals surface area contributed by atoms with Crippen LogP contribution < -0.4 is 15.0 Å². The fraction of sp³-hybridized carbons (Fsp3) is 0.333. The number of hydrogen-bond acceptors (Lipinski definition) is 5. The second-order valence-electron chi connectivity index (χ2n) is 7.98. The van der Waals surface area contributed by atoms with Crippen molar-refractivity contribution in [3.8, 4) is 5.75 Å². The molecule has 0 atom stereocenters. The molecule has 2 aliphatic heterocycles. The Morgan fingerprint density at radius 2 is 1.53 bits per heavy atom. The number of amides is 2. The van der Waals surface area contributed by atoms with E-state index in [2.05, 4.69) is 22.3 Å². The molecule has 1 N–H and O–H groups in total. The van der Waals surface area contributed by atoms with E-state index in [9.17, 15) is 9.59 Å². The normalized spacial score (nSPS) is 16.8. The van der Waals surface area contributed by atoms with Gasteiger partial charge in [0.1, 0.15) is 11.4 Å². The summed E-state index contributed by atoms with van der Waals surface area (Å²) in [7, 11) is 1.51. The minimum absolute atomic E-state index is 0.0663. The van der Waals surface area contributed by atoms with Crippen molar-refractivity contribution >= 4 is 28.8 Å². The average molecular weight is 405 g/mol. The monoisotopic (exact) mass is 405 g/mol. The van der Waals surface area contributed by atoms with Crippen LogP contribution in [0.15, 0.2) is 54.2 Å². The zero-order chi connectivity index (χ0) is 21.3. The van der Waals surface area contributed by atoms with E-state index >= 15 is 0 Å². The highest BCUT2D eigenvalue weighted by molar-refractivity contribution is 6.36. The van der Waals surface area contributed by atoms with Crippen LogP contribution in [-0.2, 0) is 9.59 Å². The Kier molecular flexibility index (Phi) is 5.48. The molecule has 1 saturated heterocycles. The van der Waals surface area contributed by atoms with Crippen molar-refractivity contribution in [3.05, 3.63) is 59.8 Å². The number of nitrogens with zero attached hydrogens (tertiary/aromatic N) is 2. The minimum atomic E-state index is -0.332. The van der Waals surface area contributed by atoms with Crippen molar-refractivity contribution in [1.82, 2.24) is 4.90 Å². The average Bonchev–Trinajstić information content (AvgIpc) is 3.34. The molecule has 30 heavy (non-hydrogen) atoms. The lowest BCUT2D eigenvalue weighted by atomic mass is 10.0. The number of likely N-dealkylation sites (N-methyl/N-ethyl adjacent to an activating group) is 1. The minimum Gasteiger partial charge on any atom is -0.491 e. The number of benzene rings is 2. The summed E-state index contributed by atoms with van der Waals surface area (Å²) in [6.07, 6.45) is 2.51. The fourth-order valence-electron chi connectivity index (χ4n) is 3.87. The number of carbonyl (C=O) groups is 2. The van der Waals surface area contributed by atoms with E-state index in [1.54, 1.807) is 0 Å². The van der Waals surface area contributed by atoms with Crippen LogP contribution in [0.1, 0.15) is 32.3 Å². The second kappa shape index (κ2) is 8.22. The van der Waals surface area contributed by atoms with Crippen molar-refractivity contribution < 1.29 is 14.3 Å². The highest BCUT2D eigenvalue weighted by Crippen LogP contribution is 2.31. The third kappa shape index (κ3) is 3.90. The first-order valence-corrected chi connectivity index (χ1v) is 10.4. The molecule has 4 rings (SSSR count). The van der Waals surface area contributed by atoms with E-state index in [1.807, 2.05) is 50.2 Å². The molecular weight excluding hydrogens is 378 g/mol. The van der Waals surface area contributed by atoms with Crippen LogP contribution in [0.5, 0.6) is 5.75 Å². The Morgan fingerprint density at radius 3 is 2.13 bits per heavy atom. The summed E-state index contributed by atoms with van der Waals surface area (Å²) in [6, 6.07) is 15.3. The molecule has 1 fully saturated rings. The molecule has 0 saturated carbocycles. The lowest BCUT2D eigenvalue weighted by Crippen LogP contribution is -2.27. The van der Waals surface area contributed by atoms with Gasteiger partial charge in [0.25, 0.3) is 11.8 Å². The summed E-state index contributed by atoms with van der Waals surface area (Å²) in [5, 5.41) is 3.18. The van der Waals surface area contributed by atoms with E-state index < -0.39 is 0 Å². The van der Waals surface area contributed by atoms with Gasteiger partial charge in [-0.25, -0.2) is 0 Å². The molecule has 0 aromatic heterocycles. The van der Waals surface area contributed by atoms with Crippen LogP contribution in [0.2, 0.25) is 0 Å². The SMILES string of the molecule is CC(C)Oc1ccc(C2=C(Nc3ccc(N4CCCC4)cc3)C(=O)N(C)C2=O)cc1. The molecule has 6 nitrogen and oxygen atoms in total. The van der Waals surface area contributed by atoms with Crippen molar-refractivity contribution in [2.24, 2.45) is 0 Å². The van der Waals surface area contributed by atoms with E-state index in [0.717, 1.165) is 29.4 Å². The first kappa shape index (κ1) is 20.0. The van der Waals surface area contributed by atoms with Crippen molar-refractivity contribution in [3.63, 3.8) is 0 Å². The van der Waals surface area contributed by atoms with Crippen LogP contribution in [0.4, 0.5) is 11.4 Å². The first-order chi connectivity index (χ1) is 14.4. The zero-order valence-corrected chi connectivity index (χ0v) is 17.6. The van der Waals surface area contributed by atoms with E-state index in [1.165, 1.54) is 25.6 Å². The van der Waals surface area contributed by atoms with Crippen molar-refractivity contribution in [2.45, 2.75) is 32.8 Å². The Hall–Kier alpha value is -3.28. The Labute approximate surface area is 177 Å². The topological polar surface area (TPSA) is 61.9 Å². The van der Waals surface area contributed by atoms with Crippen molar-refractivity contribution in [1.29, 1.82) is 0 Å². The summed E-state index contributed by atoms with van der Waals surface area (Å²) in [6.45, 7) is 6.08. The van der Waals surface area contributed by atoms with Crippen LogP contribution in [0.3, 0.4) is 0 Å². The zero-order valence-electron chi connectivity index (χ0n) is 17.6. The highest BCUT2D eigenvalue weighted by atomic mass is 16.5. The summed E-state index contributed by atoms with van der Waals surface area (Å²) in [4.78, 5) is 29.0. The number of ether oxygens (including phenoxy) is 1. The van der Waals surface area contributed by atoms with Crippen molar-refractivity contribution in [2.75, 3.05) is 30.4 Å². The number of hydrogen-bond donors (Lipinski definition) is 1. The van der Waals surface area contributed by atoms with Gasteiger partial charge in [-0.3, -0.25) is 14.5 Å². The van der Waals surface area contributed by atoms with Gasteiger partial charge in [-0.15, -0.1) is 0 Å². The predicted molar refractivity (Wildman–Crippen MR) is 118 cm³/mol. The van der Waals surface area contributed by atoms with Gasteiger partial charge in [0.2, 0.25) is 0 Å². The van der Waals surface area contributed by atoms with Crippen LogP contribution in [-0.4, -0.2) is 43.0 Å². The van der Waals surface area contributed by atoms with Gasteiger partial charge in [-0.1, -0.05) is 12.1 Å². The molecule has 2 aliphatic rings. The number of carbonyl (C=O) groups excluding carboxylic acids is 2. The molecular formula is C24H27N3O3. The Bertz CT molecular complexity index is 972. The van der Waals surface area contributed by atoms with Crippen LogP contribution in [0.25, 0.3) is 5.57 Å². The fourth-order valence-corrected chi connectivity index (χ4v) is 3.87. The summed E-state index contributed by atoms with van der Waals surface area (Å²) >= 11 is 0. The van der Waals surface area contributed by atoms with E-state index in [4.69, 9.17) is 4.74 Å². The van der Waals surface area contributed by atoms with Gasteiger partial charge in [0, 0.05) is 31.5 Å². The first-order valence-electron chi connectivity index (χ1n) is 10.4. The predicted octanol–water partition coefficient (Wildman–Crippen LogP) is 3.90. The highest BCUT2D eigenvalue weighted by Gasteiger charge is 2.36. The molecule has 2 aromatic carbocycles. The Morgan fingerprint density at radius 1 is 0.900 bits per heavy atom. The quantitative estimate of drug-likeness (QED) is 0.739. The van der Waals surface area contributed by atoms with Crippen LogP contribution in [0, 0.1) is 0 Å².